The molecule has 0 saturated carbocycles. The van der Waals surface area contributed by atoms with Crippen molar-refractivity contribution in [2.45, 2.75) is 0 Å². The highest BCUT2D eigenvalue weighted by Gasteiger charge is 2.13. The molecular formula is C21H23N5. The van der Waals surface area contributed by atoms with Crippen LogP contribution >= 0.6 is 0 Å². The number of likely N-dealkylation sites (N-methyl/N-ethyl adjacent to an activating group) is 1. The van der Waals surface area contributed by atoms with Gasteiger partial charge in [0.05, 0.1) is 11.9 Å². The zero-order valence-electron chi connectivity index (χ0n) is 15.0. The number of hydrazone groups is 1. The monoisotopic (exact) mass is 345 g/mol. The molecule has 132 valence electrons. The van der Waals surface area contributed by atoms with Crippen LogP contribution in [0.4, 0.5) is 0 Å². The minimum atomic E-state index is 0.951. The van der Waals surface area contributed by atoms with Gasteiger partial charge in [-0.3, -0.25) is 5.01 Å². The molecule has 0 spiro atoms. The molecular weight excluding hydrogens is 322 g/mol. The van der Waals surface area contributed by atoms with Crippen molar-refractivity contribution in [2.75, 3.05) is 33.2 Å². The molecule has 2 aromatic carbocycles. The first kappa shape index (κ1) is 16.5. The molecule has 0 N–H and O–H groups in total. The fourth-order valence-electron chi connectivity index (χ4n) is 3.07. The first-order valence-corrected chi connectivity index (χ1v) is 8.97. The molecule has 5 heteroatoms. The molecule has 3 aromatic rings. The second kappa shape index (κ2) is 7.54. The van der Waals surface area contributed by atoms with Crippen LogP contribution in [0.25, 0.3) is 16.9 Å². The van der Waals surface area contributed by atoms with E-state index in [1.807, 2.05) is 47.3 Å². The molecule has 0 amide bonds. The number of para-hydroxylation sites is 1. The Labute approximate surface area is 154 Å². The van der Waals surface area contributed by atoms with Crippen LogP contribution in [0.3, 0.4) is 0 Å². The molecule has 0 unspecified atom stereocenters. The summed E-state index contributed by atoms with van der Waals surface area (Å²) in [6.45, 7) is 4.01. The normalized spacial score (nSPS) is 15.7. The van der Waals surface area contributed by atoms with Crippen molar-refractivity contribution in [3.05, 3.63) is 72.4 Å². The first-order valence-electron chi connectivity index (χ1n) is 8.97. The third-order valence-electron chi connectivity index (χ3n) is 4.65. The molecule has 1 aromatic heterocycles. The fourth-order valence-corrected chi connectivity index (χ4v) is 3.07. The zero-order valence-corrected chi connectivity index (χ0v) is 15.0. The minimum Gasteiger partial charge on any atom is -0.303 e. The van der Waals surface area contributed by atoms with E-state index in [0.717, 1.165) is 48.7 Å². The van der Waals surface area contributed by atoms with Crippen LogP contribution in [-0.2, 0) is 0 Å². The van der Waals surface area contributed by atoms with Crippen LogP contribution in [0.1, 0.15) is 5.56 Å². The summed E-state index contributed by atoms with van der Waals surface area (Å²) < 4.78 is 1.92. The zero-order chi connectivity index (χ0) is 17.8. The lowest BCUT2D eigenvalue weighted by molar-refractivity contribution is 0.159. The Morgan fingerprint density at radius 2 is 1.54 bits per heavy atom. The minimum absolute atomic E-state index is 0.951. The number of hydrogen-bond donors (Lipinski definition) is 0. The van der Waals surface area contributed by atoms with Crippen molar-refractivity contribution in [1.29, 1.82) is 0 Å². The summed E-state index contributed by atoms with van der Waals surface area (Å²) in [7, 11) is 2.15. The van der Waals surface area contributed by atoms with Gasteiger partial charge in [0, 0.05) is 43.5 Å². The number of benzene rings is 2. The Hall–Kier alpha value is -2.92. The van der Waals surface area contributed by atoms with Crippen molar-refractivity contribution in [1.82, 2.24) is 19.7 Å². The average molecular weight is 345 g/mol. The molecule has 26 heavy (non-hydrogen) atoms. The molecule has 0 bridgehead atoms. The molecule has 0 atom stereocenters. The smallest absolute Gasteiger partial charge is 0.102 e. The van der Waals surface area contributed by atoms with Gasteiger partial charge in [-0.25, -0.2) is 4.68 Å². The summed E-state index contributed by atoms with van der Waals surface area (Å²) >= 11 is 0. The van der Waals surface area contributed by atoms with E-state index in [1.165, 1.54) is 0 Å². The molecule has 5 nitrogen and oxygen atoms in total. The Morgan fingerprint density at radius 3 is 2.23 bits per heavy atom. The molecule has 2 heterocycles. The van der Waals surface area contributed by atoms with E-state index in [4.69, 9.17) is 10.2 Å². The molecule has 1 saturated heterocycles. The van der Waals surface area contributed by atoms with Crippen molar-refractivity contribution in [2.24, 2.45) is 5.10 Å². The van der Waals surface area contributed by atoms with Crippen molar-refractivity contribution in [3.8, 4) is 16.9 Å². The summed E-state index contributed by atoms with van der Waals surface area (Å²) in [6.07, 6.45) is 4.00. The Balaban J connectivity index is 1.67. The maximum atomic E-state index is 4.83. The van der Waals surface area contributed by atoms with Gasteiger partial charge in [-0.15, -0.1) is 0 Å². The third kappa shape index (κ3) is 3.68. The predicted molar refractivity (Wildman–Crippen MR) is 106 cm³/mol. The Morgan fingerprint density at radius 1 is 0.885 bits per heavy atom. The third-order valence-corrected chi connectivity index (χ3v) is 4.65. The number of rotatable bonds is 4. The van der Waals surface area contributed by atoms with Crippen molar-refractivity contribution < 1.29 is 0 Å². The highest BCUT2D eigenvalue weighted by molar-refractivity contribution is 5.88. The number of nitrogens with zero attached hydrogens (tertiary/aromatic N) is 5. The SMILES string of the molecule is CN1CCN(N=Cc2cn(-c3ccccc3)nc2-c2ccccc2)CC1. The van der Waals surface area contributed by atoms with Gasteiger partial charge in [-0.2, -0.15) is 10.2 Å². The van der Waals surface area contributed by atoms with E-state index in [-0.39, 0.29) is 0 Å². The van der Waals surface area contributed by atoms with Crippen molar-refractivity contribution in [3.63, 3.8) is 0 Å². The maximum absolute atomic E-state index is 4.83. The topological polar surface area (TPSA) is 36.7 Å². The van der Waals surface area contributed by atoms with E-state index >= 15 is 0 Å². The van der Waals surface area contributed by atoms with E-state index in [0.29, 0.717) is 0 Å². The first-order chi connectivity index (χ1) is 12.8. The van der Waals surface area contributed by atoms with E-state index in [2.05, 4.69) is 47.4 Å². The lowest BCUT2D eigenvalue weighted by Crippen LogP contribution is -2.41. The number of aromatic nitrogens is 2. The second-order valence-corrected chi connectivity index (χ2v) is 6.58. The quantitative estimate of drug-likeness (QED) is 0.682. The summed E-state index contributed by atoms with van der Waals surface area (Å²) in [4.78, 5) is 2.33. The van der Waals surface area contributed by atoms with Crippen LogP contribution < -0.4 is 0 Å². The van der Waals surface area contributed by atoms with E-state index < -0.39 is 0 Å². The lowest BCUT2D eigenvalue weighted by atomic mass is 10.1. The van der Waals surface area contributed by atoms with Gasteiger partial charge in [0.15, 0.2) is 0 Å². The molecule has 0 aliphatic carbocycles. The Kier molecular flexibility index (Phi) is 4.80. The summed E-state index contributed by atoms with van der Waals surface area (Å²) in [5.74, 6) is 0. The summed E-state index contributed by atoms with van der Waals surface area (Å²) in [5, 5.41) is 11.7. The summed E-state index contributed by atoms with van der Waals surface area (Å²) in [5.41, 5.74) is 4.12. The molecule has 0 radical (unpaired) electrons. The molecule has 1 aliphatic rings. The highest BCUT2D eigenvalue weighted by atomic mass is 15.5. The van der Waals surface area contributed by atoms with Crippen molar-refractivity contribution >= 4 is 6.21 Å². The van der Waals surface area contributed by atoms with Gasteiger partial charge in [0.25, 0.3) is 0 Å². The second-order valence-electron chi connectivity index (χ2n) is 6.58. The van der Waals surface area contributed by atoms with Crippen LogP contribution in [-0.4, -0.2) is 59.1 Å². The Bertz CT molecular complexity index is 862. The molecule has 1 aliphatic heterocycles. The van der Waals surface area contributed by atoms with Crippen LogP contribution in [0.2, 0.25) is 0 Å². The fraction of sp³-hybridized carbons (Fsp3) is 0.238. The van der Waals surface area contributed by atoms with Gasteiger partial charge in [0.2, 0.25) is 0 Å². The summed E-state index contributed by atoms with van der Waals surface area (Å²) in [6, 6.07) is 20.5. The van der Waals surface area contributed by atoms with Gasteiger partial charge in [0.1, 0.15) is 5.69 Å². The van der Waals surface area contributed by atoms with E-state index in [9.17, 15) is 0 Å². The number of piperazine rings is 1. The number of hydrogen-bond acceptors (Lipinski definition) is 4. The molecule has 4 rings (SSSR count). The van der Waals surface area contributed by atoms with Gasteiger partial charge in [-0.05, 0) is 19.2 Å². The highest BCUT2D eigenvalue weighted by Crippen LogP contribution is 2.22. The van der Waals surface area contributed by atoms with Gasteiger partial charge in [-0.1, -0.05) is 48.5 Å². The van der Waals surface area contributed by atoms with Crippen LogP contribution in [0.5, 0.6) is 0 Å². The predicted octanol–water partition coefficient (Wildman–Crippen LogP) is 3.12. The van der Waals surface area contributed by atoms with E-state index in [1.54, 1.807) is 0 Å². The average Bonchev–Trinajstić information content (AvgIpc) is 3.13. The standard InChI is InChI=1S/C21H23N5/c1-24-12-14-25(15-13-24)22-16-19-17-26(20-10-6-3-7-11-20)23-21(19)18-8-4-2-5-9-18/h2-11,16-17H,12-15H2,1H3. The van der Waals surface area contributed by atoms with Crippen LogP contribution in [0.15, 0.2) is 72.0 Å². The van der Waals surface area contributed by atoms with Gasteiger partial charge >= 0.3 is 0 Å². The van der Waals surface area contributed by atoms with Crippen LogP contribution in [0, 0.1) is 0 Å². The maximum Gasteiger partial charge on any atom is 0.102 e. The lowest BCUT2D eigenvalue weighted by Gasteiger charge is -2.30. The van der Waals surface area contributed by atoms with Gasteiger partial charge < -0.3 is 4.90 Å². The largest absolute Gasteiger partial charge is 0.303 e. The molecule has 1 fully saturated rings.